The van der Waals surface area contributed by atoms with Crippen LogP contribution in [0.25, 0.3) is 10.9 Å². The molecule has 10 heteroatoms. The van der Waals surface area contributed by atoms with E-state index in [9.17, 15) is 4.79 Å². The van der Waals surface area contributed by atoms with Crippen LogP contribution in [0.5, 0.6) is 11.5 Å². The molecule has 0 saturated heterocycles. The summed E-state index contributed by atoms with van der Waals surface area (Å²) in [5, 5.41) is 6.06. The van der Waals surface area contributed by atoms with Gasteiger partial charge in [0.25, 0.3) is 5.56 Å². The van der Waals surface area contributed by atoms with E-state index in [-0.39, 0.29) is 18.1 Å². The summed E-state index contributed by atoms with van der Waals surface area (Å²) in [6.45, 7) is 4.17. The van der Waals surface area contributed by atoms with Crippen molar-refractivity contribution in [2.45, 2.75) is 26.4 Å². The van der Waals surface area contributed by atoms with Gasteiger partial charge in [-0.2, -0.15) is 9.78 Å². The van der Waals surface area contributed by atoms with Crippen LogP contribution in [0.15, 0.2) is 67.4 Å². The number of ether oxygens (including phenoxy) is 2. The van der Waals surface area contributed by atoms with Gasteiger partial charge in [-0.15, -0.1) is 0 Å². The monoisotopic (exact) mass is 651 g/mol. The number of hydrogen-bond acceptors (Lipinski definition) is 5. The number of halogens is 4. The number of rotatable bonds is 7. The number of fused-ring (bicyclic) bond motifs is 1. The summed E-state index contributed by atoms with van der Waals surface area (Å²) in [5.41, 5.74) is 1.87. The minimum absolute atomic E-state index is 0.0173. The summed E-state index contributed by atoms with van der Waals surface area (Å²) in [6, 6.07) is 14.2. The van der Waals surface area contributed by atoms with Crippen LogP contribution in [0.4, 0.5) is 0 Å². The Morgan fingerprint density at radius 3 is 2.56 bits per heavy atom. The molecule has 4 rings (SSSR count). The van der Waals surface area contributed by atoms with E-state index in [0.29, 0.717) is 48.3 Å². The highest BCUT2D eigenvalue weighted by Crippen LogP contribution is 2.34. The van der Waals surface area contributed by atoms with Gasteiger partial charge >= 0.3 is 0 Å². The van der Waals surface area contributed by atoms with Gasteiger partial charge in [0.1, 0.15) is 12.4 Å². The summed E-state index contributed by atoms with van der Waals surface area (Å²) in [4.78, 5) is 17.9. The van der Waals surface area contributed by atoms with Gasteiger partial charge in [0.2, 0.25) is 0 Å². The van der Waals surface area contributed by atoms with E-state index < -0.39 is 0 Å². The Morgan fingerprint density at radius 2 is 1.86 bits per heavy atom. The van der Waals surface area contributed by atoms with Crippen LogP contribution < -0.4 is 15.0 Å². The van der Waals surface area contributed by atoms with Crippen LogP contribution in [-0.2, 0) is 6.61 Å². The van der Waals surface area contributed by atoms with Gasteiger partial charge in [-0.05, 0) is 58.4 Å². The van der Waals surface area contributed by atoms with Crippen LogP contribution >= 0.6 is 55.1 Å². The SMILES string of the molecule is COc1cc(C=Nn2c(C(C)C)nc3ccc(Br)cc3c2=O)c(Br)cc1OCc1ccc(Cl)cc1Cl. The summed E-state index contributed by atoms with van der Waals surface area (Å²) >= 11 is 19.2. The second-order valence-electron chi connectivity index (χ2n) is 8.20. The Morgan fingerprint density at radius 1 is 1.08 bits per heavy atom. The van der Waals surface area contributed by atoms with Gasteiger partial charge in [-0.1, -0.05) is 59.0 Å². The lowest BCUT2D eigenvalue weighted by atomic mass is 10.2. The predicted octanol–water partition coefficient (Wildman–Crippen LogP) is 7.82. The molecule has 0 aliphatic carbocycles. The van der Waals surface area contributed by atoms with E-state index in [0.717, 1.165) is 10.0 Å². The zero-order chi connectivity index (χ0) is 26.0. The van der Waals surface area contributed by atoms with E-state index in [4.69, 9.17) is 32.7 Å². The maximum atomic E-state index is 13.3. The number of hydrogen-bond donors (Lipinski definition) is 0. The number of benzene rings is 3. The largest absolute Gasteiger partial charge is 0.493 e. The highest BCUT2D eigenvalue weighted by molar-refractivity contribution is 9.10. The van der Waals surface area contributed by atoms with Crippen molar-refractivity contribution in [1.29, 1.82) is 0 Å². The van der Waals surface area contributed by atoms with Crippen LogP contribution in [0, 0.1) is 0 Å². The summed E-state index contributed by atoms with van der Waals surface area (Å²) < 4.78 is 14.3. The Labute approximate surface area is 235 Å². The van der Waals surface area contributed by atoms with E-state index in [2.05, 4.69) is 41.9 Å². The third kappa shape index (κ3) is 5.78. The zero-order valence-corrected chi connectivity index (χ0v) is 24.2. The fourth-order valence-electron chi connectivity index (χ4n) is 3.49. The first kappa shape index (κ1) is 26.7. The number of methoxy groups -OCH3 is 1. The van der Waals surface area contributed by atoms with Crippen molar-refractivity contribution in [1.82, 2.24) is 9.66 Å². The molecule has 0 atom stereocenters. The summed E-state index contributed by atoms with van der Waals surface area (Å²) in [6.07, 6.45) is 1.59. The van der Waals surface area contributed by atoms with Gasteiger partial charge in [0, 0.05) is 36.0 Å². The van der Waals surface area contributed by atoms with Crippen molar-refractivity contribution in [3.05, 3.63) is 94.8 Å². The summed E-state index contributed by atoms with van der Waals surface area (Å²) in [7, 11) is 1.55. The Kier molecular flexibility index (Phi) is 8.40. The fraction of sp³-hybridized carbons (Fsp3) is 0.192. The maximum Gasteiger partial charge on any atom is 0.282 e. The molecule has 0 spiro atoms. The Balaban J connectivity index is 1.68. The third-order valence-corrected chi connectivity index (χ3v) is 7.11. The zero-order valence-electron chi connectivity index (χ0n) is 19.6. The molecular weight excluding hydrogens is 633 g/mol. The predicted molar refractivity (Wildman–Crippen MR) is 152 cm³/mol. The maximum absolute atomic E-state index is 13.3. The first-order chi connectivity index (χ1) is 17.2. The lowest BCUT2D eigenvalue weighted by molar-refractivity contribution is 0.284. The molecule has 0 fully saturated rings. The van der Waals surface area contributed by atoms with Gasteiger partial charge in [0.15, 0.2) is 11.5 Å². The normalized spacial score (nSPS) is 11.6. The molecule has 0 saturated carbocycles. The molecule has 0 amide bonds. The lowest BCUT2D eigenvalue weighted by Gasteiger charge is -2.14. The van der Waals surface area contributed by atoms with E-state index >= 15 is 0 Å². The van der Waals surface area contributed by atoms with Crippen LogP contribution in [0.1, 0.15) is 36.7 Å². The van der Waals surface area contributed by atoms with Crippen LogP contribution in [0.2, 0.25) is 10.0 Å². The molecule has 0 aliphatic heterocycles. The molecule has 1 heterocycles. The average molecular weight is 654 g/mol. The quantitative estimate of drug-likeness (QED) is 0.191. The molecule has 1 aromatic heterocycles. The molecule has 4 aromatic rings. The van der Waals surface area contributed by atoms with Crippen molar-refractivity contribution >= 4 is 72.2 Å². The minimum Gasteiger partial charge on any atom is -0.493 e. The highest BCUT2D eigenvalue weighted by atomic mass is 79.9. The van der Waals surface area contributed by atoms with Crippen LogP contribution in [-0.4, -0.2) is 23.0 Å². The molecule has 186 valence electrons. The van der Waals surface area contributed by atoms with Crippen molar-refractivity contribution in [2.24, 2.45) is 5.10 Å². The Bertz CT molecular complexity index is 1540. The van der Waals surface area contributed by atoms with E-state index in [1.165, 1.54) is 4.68 Å². The second-order valence-corrected chi connectivity index (χ2v) is 10.8. The molecule has 36 heavy (non-hydrogen) atoms. The smallest absolute Gasteiger partial charge is 0.282 e. The summed E-state index contributed by atoms with van der Waals surface area (Å²) in [5.74, 6) is 1.57. The molecule has 0 radical (unpaired) electrons. The van der Waals surface area contributed by atoms with Crippen molar-refractivity contribution in [2.75, 3.05) is 7.11 Å². The van der Waals surface area contributed by atoms with Gasteiger partial charge in [-0.25, -0.2) is 4.98 Å². The number of aromatic nitrogens is 2. The Hall–Kier alpha value is -2.39. The van der Waals surface area contributed by atoms with Crippen LogP contribution in [0.3, 0.4) is 0 Å². The molecule has 0 bridgehead atoms. The first-order valence-corrected chi connectivity index (χ1v) is 13.2. The van der Waals surface area contributed by atoms with Gasteiger partial charge in [0.05, 0.1) is 24.2 Å². The second kappa shape index (κ2) is 11.3. The first-order valence-electron chi connectivity index (χ1n) is 10.9. The fourth-order valence-corrected chi connectivity index (χ4v) is 4.74. The molecule has 0 N–H and O–H groups in total. The van der Waals surface area contributed by atoms with Gasteiger partial charge < -0.3 is 9.47 Å². The van der Waals surface area contributed by atoms with E-state index in [1.807, 2.05) is 32.0 Å². The van der Waals surface area contributed by atoms with Crippen molar-refractivity contribution in [3.63, 3.8) is 0 Å². The standard InChI is InChI=1S/C26H21Br2Cl2N3O3/c1-14(2)25-32-22-7-5-17(27)9-19(22)26(34)33(25)31-12-16-8-23(35-3)24(11-20(16)28)36-13-15-4-6-18(29)10-21(15)30/h4-12,14H,13H2,1-3H3. The van der Waals surface area contributed by atoms with Gasteiger partial charge in [-0.3, -0.25) is 4.79 Å². The third-order valence-electron chi connectivity index (χ3n) is 5.34. The molecule has 0 unspecified atom stereocenters. The minimum atomic E-state index is -0.246. The van der Waals surface area contributed by atoms with Crippen molar-refractivity contribution in [3.8, 4) is 11.5 Å². The topological polar surface area (TPSA) is 65.7 Å². The average Bonchev–Trinajstić information content (AvgIpc) is 2.83. The molecule has 3 aromatic carbocycles. The highest BCUT2D eigenvalue weighted by Gasteiger charge is 2.15. The van der Waals surface area contributed by atoms with Crippen molar-refractivity contribution < 1.29 is 9.47 Å². The molecular formula is C26H21Br2Cl2N3O3. The number of nitrogens with zero attached hydrogens (tertiary/aromatic N) is 3. The lowest BCUT2D eigenvalue weighted by Crippen LogP contribution is -2.23. The molecule has 0 aliphatic rings. The molecule has 6 nitrogen and oxygen atoms in total. The van der Waals surface area contributed by atoms with E-state index in [1.54, 1.807) is 43.7 Å².